The molecule has 0 atom stereocenters. The van der Waals surface area contributed by atoms with Crippen LogP contribution in [0.15, 0.2) is 55.1 Å². The molecule has 4 aromatic rings. The molecule has 0 aliphatic rings. The van der Waals surface area contributed by atoms with Gasteiger partial charge in [-0.1, -0.05) is 36.2 Å². The van der Waals surface area contributed by atoms with Crippen LogP contribution in [0.2, 0.25) is 10.0 Å². The molecule has 0 bridgehead atoms. The molecule has 3 heterocycles. The topological polar surface area (TPSA) is 112 Å². The molecule has 0 aliphatic carbocycles. The van der Waals surface area contributed by atoms with Crippen molar-refractivity contribution in [3.05, 3.63) is 76.4 Å². The Labute approximate surface area is 188 Å². The van der Waals surface area contributed by atoms with Crippen LogP contribution >= 0.6 is 23.2 Å². The van der Waals surface area contributed by atoms with Crippen molar-refractivity contribution in [2.75, 3.05) is 5.32 Å². The number of aryl methyl sites for hydroxylation is 1. The number of anilines is 2. The average molecular weight is 454 g/mol. The number of hydrogen-bond donors (Lipinski definition) is 2. The van der Waals surface area contributed by atoms with E-state index in [-0.39, 0.29) is 5.69 Å². The van der Waals surface area contributed by atoms with Crippen LogP contribution in [0.5, 0.6) is 0 Å². The van der Waals surface area contributed by atoms with E-state index in [0.29, 0.717) is 27.1 Å². The monoisotopic (exact) mass is 453 g/mol. The third-order valence-electron chi connectivity index (χ3n) is 4.63. The minimum absolute atomic E-state index is 0.0478. The first-order valence-corrected chi connectivity index (χ1v) is 10.1. The van der Waals surface area contributed by atoms with Crippen LogP contribution in [0.3, 0.4) is 0 Å². The average Bonchev–Trinajstić information content (AvgIpc) is 3.17. The lowest BCUT2D eigenvalue weighted by molar-refractivity contribution is 0.0996. The predicted molar refractivity (Wildman–Crippen MR) is 120 cm³/mol. The molecule has 0 fully saturated rings. The Morgan fingerprint density at radius 1 is 1.10 bits per heavy atom. The molecule has 4 rings (SSSR count). The fourth-order valence-electron chi connectivity index (χ4n) is 3.11. The van der Waals surface area contributed by atoms with Gasteiger partial charge in [-0.3, -0.25) is 9.78 Å². The van der Waals surface area contributed by atoms with E-state index in [1.165, 1.54) is 4.68 Å². The molecule has 156 valence electrons. The van der Waals surface area contributed by atoms with Crippen LogP contribution < -0.4 is 11.1 Å². The Morgan fingerprint density at radius 3 is 2.48 bits per heavy atom. The molecule has 0 saturated heterocycles. The second kappa shape index (κ2) is 8.71. The summed E-state index contributed by atoms with van der Waals surface area (Å²) in [6.07, 6.45) is 7.49. The second-order valence-corrected chi connectivity index (χ2v) is 7.42. The number of aromatic nitrogens is 5. The number of primary amides is 1. The lowest BCUT2D eigenvalue weighted by atomic mass is 10.1. The van der Waals surface area contributed by atoms with Gasteiger partial charge in [-0.2, -0.15) is 15.3 Å². The van der Waals surface area contributed by atoms with Crippen LogP contribution in [0.4, 0.5) is 11.4 Å². The molecule has 0 unspecified atom stereocenters. The molecule has 0 radical (unpaired) electrons. The number of amides is 1. The van der Waals surface area contributed by atoms with Gasteiger partial charge in [0.15, 0.2) is 5.69 Å². The third-order valence-corrected chi connectivity index (χ3v) is 5.24. The van der Waals surface area contributed by atoms with Crippen LogP contribution in [-0.4, -0.2) is 30.9 Å². The summed E-state index contributed by atoms with van der Waals surface area (Å²) in [4.78, 5) is 16.5. The van der Waals surface area contributed by atoms with Crippen molar-refractivity contribution in [2.45, 2.75) is 13.3 Å². The van der Waals surface area contributed by atoms with Crippen LogP contribution in [0.1, 0.15) is 23.0 Å². The van der Waals surface area contributed by atoms with Gasteiger partial charge in [0.2, 0.25) is 0 Å². The number of halogens is 2. The Bertz CT molecular complexity index is 1230. The molecule has 0 saturated carbocycles. The highest BCUT2D eigenvalue weighted by Crippen LogP contribution is 2.30. The van der Waals surface area contributed by atoms with Crippen molar-refractivity contribution in [3.8, 4) is 16.9 Å². The number of nitrogens with two attached hydrogens (primary N) is 1. The number of nitrogens with one attached hydrogen (secondary N) is 1. The summed E-state index contributed by atoms with van der Waals surface area (Å²) in [5, 5.41) is 16.0. The van der Waals surface area contributed by atoms with Gasteiger partial charge in [0.1, 0.15) is 5.69 Å². The molecule has 0 spiro atoms. The SMILES string of the molecule is CCc1cnncc1-c1ccc(Nc2cn(-c3c(Cl)cccc3Cl)nc2C(N)=O)cn1. The lowest BCUT2D eigenvalue weighted by Gasteiger charge is -2.08. The Balaban J connectivity index is 1.66. The van der Waals surface area contributed by atoms with Crippen molar-refractivity contribution >= 4 is 40.5 Å². The van der Waals surface area contributed by atoms with E-state index in [4.69, 9.17) is 28.9 Å². The molecule has 8 nitrogen and oxygen atoms in total. The highest BCUT2D eigenvalue weighted by atomic mass is 35.5. The van der Waals surface area contributed by atoms with Crippen LogP contribution in [-0.2, 0) is 6.42 Å². The third kappa shape index (κ3) is 4.21. The zero-order valence-electron chi connectivity index (χ0n) is 16.4. The number of nitrogens with zero attached hydrogens (tertiary/aromatic N) is 5. The van der Waals surface area contributed by atoms with Crippen molar-refractivity contribution < 1.29 is 4.79 Å². The molecular weight excluding hydrogens is 437 g/mol. The van der Waals surface area contributed by atoms with Gasteiger partial charge in [0, 0.05) is 5.56 Å². The normalized spacial score (nSPS) is 10.8. The van der Waals surface area contributed by atoms with E-state index in [1.54, 1.807) is 43.0 Å². The van der Waals surface area contributed by atoms with E-state index in [9.17, 15) is 4.79 Å². The van der Waals surface area contributed by atoms with Gasteiger partial charge in [0.25, 0.3) is 5.91 Å². The Morgan fingerprint density at radius 2 is 1.84 bits per heavy atom. The first kappa shape index (κ1) is 20.8. The maximum absolute atomic E-state index is 11.9. The van der Waals surface area contributed by atoms with Gasteiger partial charge in [0.05, 0.1) is 51.9 Å². The minimum atomic E-state index is -0.690. The number of hydrogen-bond acceptors (Lipinski definition) is 6. The van der Waals surface area contributed by atoms with Crippen molar-refractivity contribution in [3.63, 3.8) is 0 Å². The van der Waals surface area contributed by atoms with E-state index < -0.39 is 5.91 Å². The summed E-state index contributed by atoms with van der Waals surface area (Å²) < 4.78 is 1.42. The predicted octanol–water partition coefficient (Wildman–Crippen LogP) is 4.44. The molecule has 1 amide bonds. The largest absolute Gasteiger partial charge is 0.364 e. The number of para-hydroxylation sites is 1. The maximum Gasteiger partial charge on any atom is 0.271 e. The number of carbonyl (C=O) groups excluding carboxylic acids is 1. The molecule has 0 aliphatic heterocycles. The number of rotatable bonds is 6. The molecular formula is C21H17Cl2N7O. The lowest BCUT2D eigenvalue weighted by Crippen LogP contribution is -2.14. The first-order chi connectivity index (χ1) is 15.0. The highest BCUT2D eigenvalue weighted by Gasteiger charge is 2.18. The number of pyridine rings is 1. The van der Waals surface area contributed by atoms with E-state index in [1.807, 2.05) is 19.1 Å². The Kier molecular flexibility index (Phi) is 5.83. The summed E-state index contributed by atoms with van der Waals surface area (Å²) in [6, 6.07) is 8.79. The summed E-state index contributed by atoms with van der Waals surface area (Å²) in [5.41, 5.74) is 9.81. The van der Waals surface area contributed by atoms with E-state index >= 15 is 0 Å². The minimum Gasteiger partial charge on any atom is -0.364 e. The molecule has 3 N–H and O–H groups in total. The van der Waals surface area contributed by atoms with Crippen molar-refractivity contribution in [2.24, 2.45) is 5.73 Å². The summed E-state index contributed by atoms with van der Waals surface area (Å²) in [6.45, 7) is 2.05. The van der Waals surface area contributed by atoms with Gasteiger partial charge in [-0.15, -0.1) is 0 Å². The van der Waals surface area contributed by atoms with Crippen molar-refractivity contribution in [1.29, 1.82) is 0 Å². The van der Waals surface area contributed by atoms with Gasteiger partial charge >= 0.3 is 0 Å². The van der Waals surface area contributed by atoms with E-state index in [0.717, 1.165) is 23.2 Å². The van der Waals surface area contributed by atoms with Crippen LogP contribution in [0, 0.1) is 0 Å². The zero-order valence-corrected chi connectivity index (χ0v) is 17.9. The van der Waals surface area contributed by atoms with Gasteiger partial charge in [-0.25, -0.2) is 4.68 Å². The Hall–Kier alpha value is -3.49. The fourth-order valence-corrected chi connectivity index (χ4v) is 3.68. The fraction of sp³-hybridized carbons (Fsp3) is 0.0952. The first-order valence-electron chi connectivity index (χ1n) is 9.34. The van der Waals surface area contributed by atoms with Gasteiger partial charge in [-0.05, 0) is 36.2 Å². The quantitative estimate of drug-likeness (QED) is 0.446. The number of carbonyl (C=O) groups is 1. The highest BCUT2D eigenvalue weighted by molar-refractivity contribution is 6.37. The molecule has 31 heavy (non-hydrogen) atoms. The summed E-state index contributed by atoms with van der Waals surface area (Å²) in [7, 11) is 0. The molecule has 3 aromatic heterocycles. The molecule has 10 heteroatoms. The maximum atomic E-state index is 11.9. The second-order valence-electron chi connectivity index (χ2n) is 6.61. The molecule has 1 aromatic carbocycles. The zero-order chi connectivity index (χ0) is 22.0. The standard InChI is InChI=1S/C21H17Cl2N7O/c1-2-12-8-26-27-10-14(12)17-7-6-13(9-25-17)28-18-11-30(29-19(18)21(24)31)20-15(22)4-3-5-16(20)23/h3-11,28H,2H2,1H3,(H2,24,31). The van der Waals surface area contributed by atoms with Crippen LogP contribution in [0.25, 0.3) is 16.9 Å². The summed E-state index contributed by atoms with van der Waals surface area (Å²) in [5.74, 6) is -0.690. The number of benzene rings is 1. The van der Waals surface area contributed by atoms with E-state index in [2.05, 4.69) is 25.6 Å². The summed E-state index contributed by atoms with van der Waals surface area (Å²) >= 11 is 12.5. The van der Waals surface area contributed by atoms with Gasteiger partial charge < -0.3 is 11.1 Å². The van der Waals surface area contributed by atoms with Crippen molar-refractivity contribution in [1.82, 2.24) is 25.0 Å². The smallest absolute Gasteiger partial charge is 0.271 e.